The molecule has 0 spiro atoms. The van der Waals surface area contributed by atoms with Gasteiger partial charge in [0.05, 0.1) is 11.1 Å². The Kier molecular flexibility index (Phi) is 1.99. The van der Waals surface area contributed by atoms with Crippen molar-refractivity contribution in [3.05, 3.63) is 35.9 Å². The number of amides is 1. The lowest BCUT2D eigenvalue weighted by atomic mass is 10.1. The molecule has 0 unspecified atom stereocenters. The molecule has 0 bridgehead atoms. The van der Waals surface area contributed by atoms with Crippen molar-refractivity contribution in [3.8, 4) is 0 Å². The van der Waals surface area contributed by atoms with E-state index in [1.54, 1.807) is 23.7 Å². The largest absolute Gasteiger partial charge is 0.288 e. The molecular weight excluding hydrogens is 222 g/mol. The van der Waals surface area contributed by atoms with Crippen molar-refractivity contribution in [3.63, 3.8) is 0 Å². The highest BCUT2D eigenvalue weighted by Gasteiger charge is 2.13. The SMILES string of the molecule is O=C(NO)c1cc2nnnn2c2ccccc12. The fraction of sp³-hybridized carbons (Fsp3) is 0. The number of hydrogen-bond donors (Lipinski definition) is 2. The highest BCUT2D eigenvalue weighted by molar-refractivity contribution is 6.06. The summed E-state index contributed by atoms with van der Waals surface area (Å²) in [5.41, 5.74) is 3.09. The molecule has 3 aromatic rings. The standard InChI is InChI=1S/C10H7N5O2/c16-10(12-17)7-5-9-11-13-14-15(9)8-4-2-1-3-6(7)8/h1-5,17H,(H,12,16). The molecule has 0 aliphatic heterocycles. The molecule has 0 saturated carbocycles. The smallest absolute Gasteiger partial charge is 0.275 e. The van der Waals surface area contributed by atoms with Gasteiger partial charge >= 0.3 is 0 Å². The second-order valence-corrected chi connectivity index (χ2v) is 3.46. The summed E-state index contributed by atoms with van der Waals surface area (Å²) < 4.78 is 1.53. The summed E-state index contributed by atoms with van der Waals surface area (Å²) in [7, 11) is 0. The van der Waals surface area contributed by atoms with Crippen LogP contribution in [0.25, 0.3) is 16.6 Å². The Labute approximate surface area is 94.6 Å². The van der Waals surface area contributed by atoms with Gasteiger partial charge < -0.3 is 0 Å². The van der Waals surface area contributed by atoms with Crippen LogP contribution in [0, 0.1) is 0 Å². The molecule has 0 atom stereocenters. The minimum Gasteiger partial charge on any atom is -0.288 e. The van der Waals surface area contributed by atoms with Gasteiger partial charge in [-0.25, -0.2) is 5.48 Å². The van der Waals surface area contributed by atoms with Crippen LogP contribution < -0.4 is 5.48 Å². The number of hydrogen-bond acceptors (Lipinski definition) is 5. The first kappa shape index (κ1) is 9.67. The van der Waals surface area contributed by atoms with Crippen molar-refractivity contribution in [2.45, 2.75) is 0 Å². The highest BCUT2D eigenvalue weighted by Crippen LogP contribution is 2.19. The lowest BCUT2D eigenvalue weighted by molar-refractivity contribution is 0.0708. The number of carbonyl (C=O) groups excluding carboxylic acids is 1. The second-order valence-electron chi connectivity index (χ2n) is 3.46. The zero-order valence-electron chi connectivity index (χ0n) is 8.53. The number of rotatable bonds is 1. The van der Waals surface area contributed by atoms with E-state index < -0.39 is 5.91 Å². The van der Waals surface area contributed by atoms with E-state index in [0.29, 0.717) is 22.1 Å². The minimum atomic E-state index is -0.591. The van der Waals surface area contributed by atoms with Gasteiger partial charge in [0.25, 0.3) is 5.91 Å². The maximum Gasteiger partial charge on any atom is 0.275 e. The van der Waals surface area contributed by atoms with Crippen molar-refractivity contribution >= 4 is 22.5 Å². The number of para-hydroxylation sites is 1. The predicted molar refractivity (Wildman–Crippen MR) is 57.5 cm³/mol. The number of benzene rings is 1. The number of fused-ring (bicyclic) bond motifs is 3. The van der Waals surface area contributed by atoms with E-state index in [9.17, 15) is 4.79 Å². The average Bonchev–Trinajstić information content (AvgIpc) is 2.85. The van der Waals surface area contributed by atoms with E-state index in [1.165, 1.54) is 10.6 Å². The van der Waals surface area contributed by atoms with Gasteiger partial charge in [-0.2, -0.15) is 4.52 Å². The Morgan fingerprint density at radius 2 is 2.18 bits per heavy atom. The first-order valence-corrected chi connectivity index (χ1v) is 4.85. The predicted octanol–water partition coefficient (Wildman–Crippen LogP) is 0.396. The van der Waals surface area contributed by atoms with Crippen LogP contribution in [0.4, 0.5) is 0 Å². The number of carbonyl (C=O) groups is 1. The van der Waals surface area contributed by atoms with E-state index >= 15 is 0 Å². The molecule has 2 heterocycles. The Morgan fingerprint density at radius 1 is 1.35 bits per heavy atom. The monoisotopic (exact) mass is 229 g/mol. The van der Waals surface area contributed by atoms with E-state index in [2.05, 4.69) is 15.5 Å². The van der Waals surface area contributed by atoms with Gasteiger partial charge in [0.2, 0.25) is 0 Å². The first-order valence-electron chi connectivity index (χ1n) is 4.85. The Morgan fingerprint density at radius 3 is 3.00 bits per heavy atom. The fourth-order valence-electron chi connectivity index (χ4n) is 1.80. The Hall–Kier alpha value is -2.54. The number of pyridine rings is 1. The van der Waals surface area contributed by atoms with Crippen LogP contribution in [-0.2, 0) is 0 Å². The van der Waals surface area contributed by atoms with Crippen molar-refractivity contribution in [1.29, 1.82) is 0 Å². The van der Waals surface area contributed by atoms with Crippen LogP contribution in [0.15, 0.2) is 30.3 Å². The molecule has 2 aromatic heterocycles. The molecule has 0 radical (unpaired) electrons. The summed E-state index contributed by atoms with van der Waals surface area (Å²) in [4.78, 5) is 11.6. The van der Waals surface area contributed by atoms with Gasteiger partial charge in [0.1, 0.15) is 0 Å². The van der Waals surface area contributed by atoms with E-state index in [-0.39, 0.29) is 0 Å². The van der Waals surface area contributed by atoms with Crippen LogP contribution >= 0.6 is 0 Å². The molecule has 0 aliphatic carbocycles. The molecule has 7 heteroatoms. The molecule has 0 saturated heterocycles. The number of aromatic nitrogens is 4. The molecule has 7 nitrogen and oxygen atoms in total. The zero-order chi connectivity index (χ0) is 11.8. The quantitative estimate of drug-likeness (QED) is 0.465. The topological polar surface area (TPSA) is 92.4 Å². The molecule has 0 aliphatic rings. The Balaban J connectivity index is 2.49. The number of tetrazole rings is 1. The first-order chi connectivity index (χ1) is 8.31. The van der Waals surface area contributed by atoms with Crippen molar-refractivity contribution in [1.82, 2.24) is 25.5 Å². The lowest BCUT2D eigenvalue weighted by Gasteiger charge is -2.05. The molecule has 0 fully saturated rings. The third-order valence-corrected chi connectivity index (χ3v) is 2.54. The van der Waals surface area contributed by atoms with Gasteiger partial charge in [-0.3, -0.25) is 10.0 Å². The van der Waals surface area contributed by atoms with E-state index in [1.807, 2.05) is 6.07 Å². The van der Waals surface area contributed by atoms with Crippen LogP contribution in [-0.4, -0.2) is 31.2 Å². The molecule has 17 heavy (non-hydrogen) atoms. The van der Waals surface area contributed by atoms with E-state index in [4.69, 9.17) is 5.21 Å². The van der Waals surface area contributed by atoms with Crippen molar-refractivity contribution < 1.29 is 10.0 Å². The number of hydroxylamine groups is 1. The summed E-state index contributed by atoms with van der Waals surface area (Å²) in [6.07, 6.45) is 0. The number of nitrogens with zero attached hydrogens (tertiary/aromatic N) is 4. The normalized spacial score (nSPS) is 10.9. The van der Waals surface area contributed by atoms with Gasteiger partial charge in [-0.05, 0) is 22.6 Å². The molecule has 3 rings (SSSR count). The minimum absolute atomic E-state index is 0.324. The van der Waals surface area contributed by atoms with E-state index in [0.717, 1.165) is 0 Å². The molecule has 1 aromatic carbocycles. The fourth-order valence-corrected chi connectivity index (χ4v) is 1.80. The van der Waals surface area contributed by atoms with Gasteiger partial charge in [-0.1, -0.05) is 18.2 Å². The lowest BCUT2D eigenvalue weighted by Crippen LogP contribution is -2.19. The third kappa shape index (κ3) is 1.33. The van der Waals surface area contributed by atoms with Crippen LogP contribution in [0.3, 0.4) is 0 Å². The Bertz CT molecular complexity index is 721. The summed E-state index contributed by atoms with van der Waals surface area (Å²) in [6, 6.07) is 8.71. The summed E-state index contributed by atoms with van der Waals surface area (Å²) in [5, 5.41) is 20.5. The van der Waals surface area contributed by atoms with Gasteiger partial charge in [-0.15, -0.1) is 5.10 Å². The highest BCUT2D eigenvalue weighted by atomic mass is 16.5. The van der Waals surface area contributed by atoms with Crippen molar-refractivity contribution in [2.75, 3.05) is 0 Å². The zero-order valence-corrected chi connectivity index (χ0v) is 8.53. The van der Waals surface area contributed by atoms with Crippen LogP contribution in [0.5, 0.6) is 0 Å². The van der Waals surface area contributed by atoms with Crippen molar-refractivity contribution in [2.24, 2.45) is 0 Å². The third-order valence-electron chi connectivity index (χ3n) is 2.54. The summed E-state index contributed by atoms with van der Waals surface area (Å²) >= 11 is 0. The second kappa shape index (κ2) is 3.49. The molecule has 2 N–H and O–H groups in total. The number of nitrogens with one attached hydrogen (secondary N) is 1. The van der Waals surface area contributed by atoms with Gasteiger partial charge in [0, 0.05) is 5.39 Å². The van der Waals surface area contributed by atoms with Gasteiger partial charge in [0.15, 0.2) is 5.65 Å². The molecule has 1 amide bonds. The summed E-state index contributed by atoms with van der Waals surface area (Å²) in [5.74, 6) is -0.591. The summed E-state index contributed by atoms with van der Waals surface area (Å²) in [6.45, 7) is 0. The maximum absolute atomic E-state index is 11.6. The van der Waals surface area contributed by atoms with Crippen LogP contribution in [0.2, 0.25) is 0 Å². The van der Waals surface area contributed by atoms with Crippen LogP contribution in [0.1, 0.15) is 10.4 Å². The average molecular weight is 229 g/mol. The molecular formula is C10H7N5O2. The molecule has 84 valence electrons. The maximum atomic E-state index is 11.6.